The van der Waals surface area contributed by atoms with Gasteiger partial charge in [0.25, 0.3) is 5.91 Å². The number of aromatic nitrogens is 4. The lowest BCUT2D eigenvalue weighted by molar-refractivity contribution is -0.137. The molecular formula is C25H26Cl2F3N7O2S. The average Bonchev–Trinajstić information content (AvgIpc) is 3.40. The molecule has 0 bridgehead atoms. The van der Waals surface area contributed by atoms with Gasteiger partial charge in [0.2, 0.25) is 0 Å². The maximum Gasteiger partial charge on any atom is 0.418 e. The fourth-order valence-corrected chi connectivity index (χ4v) is 5.52. The Hall–Kier alpha value is -2.87. The molecule has 4 rings (SSSR count). The van der Waals surface area contributed by atoms with E-state index in [1.54, 1.807) is 6.92 Å². The molecule has 1 atom stereocenters. The number of piperidine rings is 1. The van der Waals surface area contributed by atoms with Crippen molar-refractivity contribution in [2.24, 2.45) is 5.92 Å². The number of hydrogen-bond acceptors (Lipinski definition) is 9. The molecule has 0 saturated carbocycles. The van der Waals surface area contributed by atoms with Crippen LogP contribution in [-0.2, 0) is 6.18 Å². The zero-order chi connectivity index (χ0) is 29.0. The largest absolute Gasteiger partial charge is 0.418 e. The molecule has 3 aromatic heterocycles. The van der Waals surface area contributed by atoms with Crippen LogP contribution in [0.4, 0.5) is 24.8 Å². The number of alkyl halides is 3. The van der Waals surface area contributed by atoms with E-state index in [9.17, 15) is 22.8 Å². The van der Waals surface area contributed by atoms with Crippen molar-refractivity contribution < 1.29 is 22.8 Å². The number of anilines is 2. The first-order valence-electron chi connectivity index (χ1n) is 12.4. The molecule has 4 heterocycles. The van der Waals surface area contributed by atoms with Crippen molar-refractivity contribution in [1.82, 2.24) is 24.8 Å². The molecule has 0 aromatic carbocycles. The Bertz CT molecular complexity index is 1380. The number of carbonyl (C=O) groups excluding carboxylic acids is 2. The number of amides is 1. The minimum atomic E-state index is -4.70. The second-order valence-corrected chi connectivity index (χ2v) is 11.5. The minimum absolute atomic E-state index is 0.0212. The van der Waals surface area contributed by atoms with Crippen LogP contribution in [0.25, 0.3) is 0 Å². The molecule has 1 amide bonds. The zero-order valence-corrected chi connectivity index (χ0v) is 23.9. The Morgan fingerprint density at radius 3 is 2.58 bits per heavy atom. The average molecular weight is 616 g/mol. The number of ketones is 1. The number of hydrogen-bond donors (Lipinski definition) is 2. The van der Waals surface area contributed by atoms with Crippen molar-refractivity contribution in [2.75, 3.05) is 37.3 Å². The molecule has 0 spiro atoms. The Morgan fingerprint density at radius 1 is 1.15 bits per heavy atom. The quantitative estimate of drug-likeness (QED) is 0.280. The van der Waals surface area contributed by atoms with Gasteiger partial charge < -0.3 is 15.5 Å². The van der Waals surface area contributed by atoms with Crippen LogP contribution in [0.15, 0.2) is 24.8 Å². The van der Waals surface area contributed by atoms with Crippen molar-refractivity contribution in [3.05, 3.63) is 56.0 Å². The molecule has 2 N–H and O–H groups in total. The van der Waals surface area contributed by atoms with E-state index in [0.29, 0.717) is 29.4 Å². The number of halogens is 5. The summed E-state index contributed by atoms with van der Waals surface area (Å²) in [5.74, 6) is -0.799. The predicted octanol–water partition coefficient (Wildman–Crippen LogP) is 6.04. The molecule has 15 heteroatoms. The molecule has 0 aliphatic carbocycles. The van der Waals surface area contributed by atoms with Crippen molar-refractivity contribution in [1.29, 1.82) is 0 Å². The second-order valence-electron chi connectivity index (χ2n) is 9.60. The number of nitrogens with zero attached hydrogens (tertiary/aromatic N) is 5. The summed E-state index contributed by atoms with van der Waals surface area (Å²) in [5, 5.41) is 5.63. The van der Waals surface area contributed by atoms with Gasteiger partial charge in [-0.2, -0.15) is 13.2 Å². The first-order valence-corrected chi connectivity index (χ1v) is 14.0. The summed E-state index contributed by atoms with van der Waals surface area (Å²) in [5.41, 5.74) is -1.02. The topological polar surface area (TPSA) is 113 Å². The lowest BCUT2D eigenvalue weighted by Gasteiger charge is -2.29. The summed E-state index contributed by atoms with van der Waals surface area (Å²) in [6.45, 7) is 4.52. The summed E-state index contributed by atoms with van der Waals surface area (Å²) < 4.78 is 39.3. The van der Waals surface area contributed by atoms with Gasteiger partial charge in [-0.05, 0) is 45.0 Å². The Morgan fingerprint density at radius 2 is 1.88 bits per heavy atom. The van der Waals surface area contributed by atoms with Crippen LogP contribution >= 0.6 is 34.5 Å². The number of thiazole rings is 1. The lowest BCUT2D eigenvalue weighted by atomic mass is 9.97. The number of likely N-dealkylation sites (tertiary alicyclic amines) is 1. The zero-order valence-electron chi connectivity index (χ0n) is 21.6. The fraction of sp³-hybridized carbons (Fsp3) is 0.440. The van der Waals surface area contributed by atoms with Crippen LogP contribution in [0, 0.1) is 5.92 Å². The van der Waals surface area contributed by atoms with Gasteiger partial charge in [-0.3, -0.25) is 9.59 Å². The molecule has 1 saturated heterocycles. The highest BCUT2D eigenvalue weighted by Gasteiger charge is 2.34. The first-order chi connectivity index (χ1) is 18.9. The molecule has 9 nitrogen and oxygen atoms in total. The summed E-state index contributed by atoms with van der Waals surface area (Å²) >= 11 is 13.1. The fourth-order valence-electron chi connectivity index (χ4n) is 4.18. The highest BCUT2D eigenvalue weighted by Crippen LogP contribution is 2.35. The van der Waals surface area contributed by atoms with Crippen molar-refractivity contribution in [2.45, 2.75) is 38.3 Å². The van der Waals surface area contributed by atoms with Crippen LogP contribution in [0.3, 0.4) is 0 Å². The lowest BCUT2D eigenvalue weighted by Crippen LogP contribution is -2.33. The Balaban J connectivity index is 1.37. The highest BCUT2D eigenvalue weighted by molar-refractivity contribution is 7.13. The number of pyridine rings is 1. The van der Waals surface area contributed by atoms with Crippen molar-refractivity contribution >= 4 is 57.9 Å². The van der Waals surface area contributed by atoms with Gasteiger partial charge in [0, 0.05) is 25.1 Å². The molecule has 1 aliphatic rings. The summed E-state index contributed by atoms with van der Waals surface area (Å²) in [7, 11) is 2.10. The third kappa shape index (κ3) is 7.45. The van der Waals surface area contributed by atoms with E-state index in [4.69, 9.17) is 23.2 Å². The predicted molar refractivity (Wildman–Crippen MR) is 147 cm³/mol. The molecule has 3 aromatic rings. The third-order valence-corrected chi connectivity index (χ3v) is 8.40. The molecule has 40 heavy (non-hydrogen) atoms. The van der Waals surface area contributed by atoms with E-state index in [1.807, 2.05) is 0 Å². The third-order valence-electron chi connectivity index (χ3n) is 6.51. The smallest absolute Gasteiger partial charge is 0.368 e. The van der Waals surface area contributed by atoms with Gasteiger partial charge in [-0.1, -0.05) is 30.1 Å². The Kier molecular flexibility index (Phi) is 9.60. The van der Waals surface area contributed by atoms with E-state index in [0.717, 1.165) is 43.5 Å². The maximum absolute atomic E-state index is 13.1. The van der Waals surface area contributed by atoms with Crippen LogP contribution in [-0.4, -0.2) is 63.2 Å². The normalized spacial score (nSPS) is 15.6. The van der Waals surface area contributed by atoms with E-state index >= 15 is 0 Å². The second kappa shape index (κ2) is 12.8. The molecule has 214 valence electrons. The summed E-state index contributed by atoms with van der Waals surface area (Å²) in [6.07, 6.45) is 0.853. The van der Waals surface area contributed by atoms with Gasteiger partial charge in [-0.15, -0.1) is 11.3 Å². The number of nitrogens with one attached hydrogen (secondary N) is 2. The standard InChI is InChI=1S/C25H26Cl2F3N7O2S/c1-13(7-17(38)21-20(27)22(35-12-34-21)32-9-14-3-5-37(2)6-4-14)24-33-11-18(40-24)23(39)36-19-8-15(25(28,29)30)16(26)10-31-19/h8,10-14H,3-7,9H2,1-2H3,(H,31,36,39)(H,32,34,35). The van der Waals surface area contributed by atoms with Crippen LogP contribution in [0.2, 0.25) is 10.0 Å². The molecule has 0 radical (unpaired) electrons. The summed E-state index contributed by atoms with van der Waals surface area (Å²) in [4.78, 5) is 44.3. The minimum Gasteiger partial charge on any atom is -0.368 e. The van der Waals surface area contributed by atoms with Crippen LogP contribution in [0.1, 0.15) is 62.8 Å². The number of carbonyl (C=O) groups is 2. The van der Waals surface area contributed by atoms with Gasteiger partial charge in [0.1, 0.15) is 33.6 Å². The van der Waals surface area contributed by atoms with Crippen molar-refractivity contribution in [3.63, 3.8) is 0 Å². The Labute approximate surface area is 242 Å². The van der Waals surface area contributed by atoms with Crippen LogP contribution in [0.5, 0.6) is 0 Å². The SMILES string of the molecule is CC(CC(=O)c1ncnc(NCC2CCN(C)CC2)c1Cl)c1ncc(C(=O)Nc2cc(C(F)(F)F)c(Cl)cn2)s1. The van der Waals surface area contributed by atoms with Gasteiger partial charge in [0.05, 0.1) is 21.8 Å². The number of rotatable bonds is 9. The van der Waals surface area contributed by atoms with Crippen molar-refractivity contribution in [3.8, 4) is 0 Å². The van der Waals surface area contributed by atoms with E-state index in [2.05, 4.69) is 42.5 Å². The molecule has 1 aliphatic heterocycles. The van der Waals surface area contributed by atoms with E-state index < -0.39 is 22.7 Å². The first kappa shape index (κ1) is 30.1. The highest BCUT2D eigenvalue weighted by atomic mass is 35.5. The monoisotopic (exact) mass is 615 g/mol. The van der Waals surface area contributed by atoms with Gasteiger partial charge in [0.15, 0.2) is 5.78 Å². The molecule has 1 fully saturated rings. The maximum atomic E-state index is 13.1. The van der Waals surface area contributed by atoms with Gasteiger partial charge >= 0.3 is 6.18 Å². The molecule has 1 unspecified atom stereocenters. The van der Waals surface area contributed by atoms with Gasteiger partial charge in [-0.25, -0.2) is 19.9 Å². The molecular weight excluding hydrogens is 590 g/mol. The summed E-state index contributed by atoms with van der Waals surface area (Å²) in [6, 6.07) is 0.659. The number of Topliss-reactive ketones (excluding diaryl/α,β-unsaturated/α-hetero) is 1. The van der Waals surface area contributed by atoms with E-state index in [-0.39, 0.29) is 39.5 Å². The van der Waals surface area contributed by atoms with E-state index in [1.165, 1.54) is 12.5 Å². The van der Waals surface area contributed by atoms with Crippen LogP contribution < -0.4 is 10.6 Å².